The Kier molecular flexibility index (Phi) is 18.0. The molecule has 2 N–H and O–H groups in total. The molecule has 13 nitrogen and oxygen atoms in total. The number of nitrogens with zero attached hydrogens (tertiary/aromatic N) is 1. The molecule has 4 rings (SSSR count). The van der Waals surface area contributed by atoms with E-state index in [0.717, 1.165) is 30.4 Å². The molecule has 0 aromatic heterocycles. The summed E-state index contributed by atoms with van der Waals surface area (Å²) in [5.74, 6) is -2.17. The number of ketones is 1. The number of carbonyl (C=O) groups is 4. The summed E-state index contributed by atoms with van der Waals surface area (Å²) in [6.45, 7) is 14.1. The molecule has 0 bridgehead atoms. The number of aliphatic hydroxyl groups is 2. The van der Waals surface area contributed by atoms with Crippen LogP contribution in [-0.2, 0) is 47.6 Å². The summed E-state index contributed by atoms with van der Waals surface area (Å²) in [7, 11) is 4.83. The van der Waals surface area contributed by atoms with E-state index in [1.54, 1.807) is 40.1 Å². The van der Waals surface area contributed by atoms with Crippen LogP contribution < -0.4 is 0 Å². The smallest absolute Gasteiger partial charge is 0.329 e. The van der Waals surface area contributed by atoms with Crippen molar-refractivity contribution in [3.8, 4) is 0 Å². The minimum absolute atomic E-state index is 0.0576. The van der Waals surface area contributed by atoms with Gasteiger partial charge in [0.2, 0.25) is 0 Å². The van der Waals surface area contributed by atoms with Crippen LogP contribution >= 0.6 is 0 Å². The van der Waals surface area contributed by atoms with Crippen molar-refractivity contribution in [3.63, 3.8) is 0 Å². The van der Waals surface area contributed by atoms with Gasteiger partial charge in [0.25, 0.3) is 5.91 Å². The zero-order valence-electron chi connectivity index (χ0n) is 36.8. The van der Waals surface area contributed by atoms with Crippen LogP contribution in [0.25, 0.3) is 0 Å². The molecule has 330 valence electrons. The number of cyclic esters (lactones) is 1. The number of Topliss-reactive ketones (excluding diaryl/α,β-unsaturated/α-hetero) is 1. The Bertz CT molecular complexity index is 1460. The second-order valence-corrected chi connectivity index (χ2v) is 18.0. The molecular formula is C45H73NO12. The number of aliphatic hydroxyl groups excluding tert-OH is 2. The Morgan fingerprint density at radius 2 is 1.71 bits per heavy atom. The van der Waals surface area contributed by atoms with Crippen LogP contribution in [0.15, 0.2) is 23.3 Å². The molecule has 3 heterocycles. The number of likely N-dealkylation sites (tertiary alicyclic amines) is 1. The highest BCUT2D eigenvalue weighted by Crippen LogP contribution is 2.35. The van der Waals surface area contributed by atoms with E-state index in [1.165, 1.54) is 0 Å². The fraction of sp³-hybridized carbons (Fsp3) is 0.822. The molecule has 14 atom stereocenters. The number of rotatable bonds is 20. The molecule has 1 amide bonds. The molecular weight excluding hydrogens is 746 g/mol. The molecule has 1 saturated carbocycles. The van der Waals surface area contributed by atoms with Gasteiger partial charge < -0.3 is 43.5 Å². The average Bonchev–Trinajstić information content (AvgIpc) is 3.96. The monoisotopic (exact) mass is 820 g/mol. The Hall–Kier alpha value is -2.68. The lowest BCUT2D eigenvalue weighted by Gasteiger charge is -2.38. The van der Waals surface area contributed by atoms with Crippen molar-refractivity contribution >= 4 is 23.6 Å². The maximum atomic E-state index is 14.0. The summed E-state index contributed by atoms with van der Waals surface area (Å²) in [5, 5.41) is 22.1. The summed E-state index contributed by atoms with van der Waals surface area (Å²) in [6, 6.07) is -0.770. The molecule has 0 aromatic rings. The second kappa shape index (κ2) is 21.7. The normalized spacial score (nSPS) is 32.7. The zero-order valence-corrected chi connectivity index (χ0v) is 36.8. The first-order valence-corrected chi connectivity index (χ1v) is 21.6. The van der Waals surface area contributed by atoms with Crippen LogP contribution in [0.4, 0.5) is 0 Å². The van der Waals surface area contributed by atoms with E-state index >= 15 is 0 Å². The Balaban J connectivity index is 1.45. The Morgan fingerprint density at radius 1 is 1.02 bits per heavy atom. The summed E-state index contributed by atoms with van der Waals surface area (Å²) in [4.78, 5) is 55.2. The van der Waals surface area contributed by atoms with Crippen molar-refractivity contribution in [2.75, 3.05) is 34.5 Å². The van der Waals surface area contributed by atoms with Gasteiger partial charge in [-0.3, -0.25) is 14.4 Å². The van der Waals surface area contributed by atoms with Gasteiger partial charge >= 0.3 is 11.9 Å². The average molecular weight is 820 g/mol. The zero-order chi connectivity index (χ0) is 42.9. The predicted octanol–water partition coefficient (Wildman–Crippen LogP) is 5.52. The fourth-order valence-corrected chi connectivity index (χ4v) is 9.23. The summed E-state index contributed by atoms with van der Waals surface area (Å²) in [6.07, 6.45) is 6.39. The lowest BCUT2D eigenvalue weighted by atomic mass is 9.81. The molecule has 1 aliphatic carbocycles. The van der Waals surface area contributed by atoms with Gasteiger partial charge in [0, 0.05) is 46.1 Å². The van der Waals surface area contributed by atoms with Crippen molar-refractivity contribution in [3.05, 3.63) is 23.3 Å². The number of hydrogen-bond donors (Lipinski definition) is 2. The Labute approximate surface area is 346 Å². The first kappa shape index (κ1) is 48.0. The third kappa shape index (κ3) is 12.4. The largest absolute Gasteiger partial charge is 0.457 e. The summed E-state index contributed by atoms with van der Waals surface area (Å²) < 4.78 is 34.5. The first-order chi connectivity index (χ1) is 27.5. The van der Waals surface area contributed by atoms with E-state index < -0.39 is 53.9 Å². The van der Waals surface area contributed by atoms with Crippen LogP contribution in [0, 0.1) is 29.6 Å². The minimum Gasteiger partial charge on any atom is -0.457 e. The standard InChI is InChI=1S/C45H73NO12/c1-11-32(19-26(2)18-27(3)20-38(54-9)41-39(55-10)22-29(5)42(50)58-41)36(49)24-35(48)30(6)40(28(4)21-31-15-16-34(47)37(23-31)53-8)57-43(51)33-14-12-13-17-46(33)44(52)45(7)25-56-45/h19,21,27,29-35,37-41,47-48H,11-18,20,22-25H2,1-10H3/b26-19+,28-21+/t27-,29+,30+,31-,32+,33-,34+,35-,37+,38-,39-,40+,41+,45-/m0/s1. The van der Waals surface area contributed by atoms with Crippen LogP contribution in [0.3, 0.4) is 0 Å². The quantitative estimate of drug-likeness (QED) is 0.0898. The minimum atomic E-state index is -1.12. The maximum absolute atomic E-state index is 14.0. The van der Waals surface area contributed by atoms with Crippen molar-refractivity contribution in [1.82, 2.24) is 4.90 Å². The fourth-order valence-electron chi connectivity index (χ4n) is 9.23. The van der Waals surface area contributed by atoms with Gasteiger partial charge in [-0.1, -0.05) is 45.4 Å². The number of amides is 1. The molecule has 13 heteroatoms. The second-order valence-electron chi connectivity index (χ2n) is 18.0. The number of epoxide rings is 1. The molecule has 3 aliphatic heterocycles. The lowest BCUT2D eigenvalue weighted by Crippen LogP contribution is -2.53. The van der Waals surface area contributed by atoms with Gasteiger partial charge in [0.1, 0.15) is 17.9 Å². The van der Waals surface area contributed by atoms with Gasteiger partial charge in [-0.15, -0.1) is 0 Å². The van der Waals surface area contributed by atoms with Gasteiger partial charge in [-0.05, 0) is 102 Å². The van der Waals surface area contributed by atoms with E-state index in [9.17, 15) is 29.4 Å². The van der Waals surface area contributed by atoms with Gasteiger partial charge in [0.05, 0.1) is 43.0 Å². The van der Waals surface area contributed by atoms with Crippen molar-refractivity contribution in [2.45, 2.75) is 173 Å². The molecule has 0 aromatic carbocycles. The first-order valence-electron chi connectivity index (χ1n) is 21.6. The molecule has 0 unspecified atom stereocenters. The van der Waals surface area contributed by atoms with Gasteiger partial charge in [0.15, 0.2) is 11.7 Å². The van der Waals surface area contributed by atoms with E-state index in [-0.39, 0.29) is 60.1 Å². The molecule has 3 saturated heterocycles. The molecule has 4 fully saturated rings. The van der Waals surface area contributed by atoms with E-state index in [4.69, 9.17) is 28.4 Å². The van der Waals surface area contributed by atoms with Crippen LogP contribution in [0.5, 0.6) is 0 Å². The number of esters is 2. The topological polar surface area (TPSA) is 171 Å². The third-order valence-electron chi connectivity index (χ3n) is 13.1. The summed E-state index contributed by atoms with van der Waals surface area (Å²) in [5.41, 5.74) is 0.872. The summed E-state index contributed by atoms with van der Waals surface area (Å²) >= 11 is 0. The van der Waals surface area contributed by atoms with Crippen LogP contribution in [0.1, 0.15) is 119 Å². The van der Waals surface area contributed by atoms with Crippen molar-refractivity contribution in [1.29, 1.82) is 0 Å². The van der Waals surface area contributed by atoms with Crippen LogP contribution in [-0.4, -0.2) is 128 Å². The van der Waals surface area contributed by atoms with Crippen molar-refractivity contribution < 1.29 is 57.8 Å². The number of piperidine rings is 1. The number of carbonyl (C=O) groups excluding carboxylic acids is 4. The highest BCUT2D eigenvalue weighted by Gasteiger charge is 2.52. The SMILES string of the molecule is CC[C@H](/C=C(\C)C[C@H](C)C[C@H](OC)[C@H]1OC(=O)[C@H](C)C[C@@H]1OC)C(=O)C[C@H](O)[C@@H](C)[C@H](OC(=O)[C@@H]1CCCCN1C(=O)[C@]1(C)CO1)/C(C)=C/[C@@H]1CC[C@@H](O)[C@H](OC)C1. The van der Waals surface area contributed by atoms with E-state index in [2.05, 4.69) is 6.92 Å². The molecule has 58 heavy (non-hydrogen) atoms. The van der Waals surface area contributed by atoms with Gasteiger partial charge in [-0.2, -0.15) is 0 Å². The molecule has 4 aliphatic rings. The number of ether oxygens (including phenoxy) is 6. The highest BCUT2D eigenvalue weighted by molar-refractivity contribution is 5.91. The molecule has 0 spiro atoms. The maximum Gasteiger partial charge on any atom is 0.329 e. The van der Waals surface area contributed by atoms with E-state index in [1.807, 2.05) is 39.8 Å². The number of allylic oxidation sites excluding steroid dienone is 3. The predicted molar refractivity (Wildman–Crippen MR) is 217 cm³/mol. The van der Waals surface area contributed by atoms with Crippen molar-refractivity contribution in [2.24, 2.45) is 29.6 Å². The van der Waals surface area contributed by atoms with Gasteiger partial charge in [-0.25, -0.2) is 4.79 Å². The third-order valence-corrected chi connectivity index (χ3v) is 13.1. The molecule has 0 radical (unpaired) electrons. The number of hydrogen-bond acceptors (Lipinski definition) is 12. The van der Waals surface area contributed by atoms with E-state index in [0.29, 0.717) is 58.1 Å². The highest BCUT2D eigenvalue weighted by atomic mass is 16.6. The van der Waals surface area contributed by atoms with Crippen LogP contribution in [0.2, 0.25) is 0 Å². The lowest BCUT2D eigenvalue weighted by molar-refractivity contribution is -0.189. The Morgan fingerprint density at radius 3 is 2.33 bits per heavy atom. The number of methoxy groups -OCH3 is 3.